The monoisotopic (exact) mass is 200 g/mol. The van der Waals surface area contributed by atoms with Gasteiger partial charge in [-0.15, -0.1) is 0 Å². The zero-order chi connectivity index (χ0) is 9.84. The molecular formula is C8H12N2O2S. The molecule has 0 aromatic carbocycles. The van der Waals surface area contributed by atoms with Crippen molar-refractivity contribution in [1.82, 2.24) is 9.97 Å². The summed E-state index contributed by atoms with van der Waals surface area (Å²) in [6, 6.07) is 1.73. The Kier molecular flexibility index (Phi) is 3.65. The van der Waals surface area contributed by atoms with E-state index in [1.165, 1.54) is 0 Å². The van der Waals surface area contributed by atoms with Crippen molar-refractivity contribution < 1.29 is 10.2 Å². The summed E-state index contributed by atoms with van der Waals surface area (Å²) in [4.78, 5) is 7.84. The van der Waals surface area contributed by atoms with Gasteiger partial charge in [0.15, 0.2) is 5.82 Å². The quantitative estimate of drug-likeness (QED) is 0.606. The molecule has 72 valence electrons. The SMILES string of the molecule is Cc1ccnc(C(O)C(O)CS)n1. The third-order valence-electron chi connectivity index (χ3n) is 1.63. The van der Waals surface area contributed by atoms with E-state index < -0.39 is 12.2 Å². The fourth-order valence-electron chi connectivity index (χ4n) is 0.883. The molecule has 0 radical (unpaired) electrons. The van der Waals surface area contributed by atoms with Crippen LogP contribution in [0.4, 0.5) is 0 Å². The van der Waals surface area contributed by atoms with Gasteiger partial charge in [-0.2, -0.15) is 12.6 Å². The van der Waals surface area contributed by atoms with Gasteiger partial charge in [-0.25, -0.2) is 9.97 Å². The second-order valence-electron chi connectivity index (χ2n) is 2.75. The number of hydrogen-bond donors (Lipinski definition) is 3. The van der Waals surface area contributed by atoms with Crippen LogP contribution in [0.15, 0.2) is 12.3 Å². The molecule has 0 spiro atoms. The fraction of sp³-hybridized carbons (Fsp3) is 0.500. The number of aromatic nitrogens is 2. The van der Waals surface area contributed by atoms with Crippen molar-refractivity contribution in [3.8, 4) is 0 Å². The predicted molar refractivity (Wildman–Crippen MR) is 51.6 cm³/mol. The maximum absolute atomic E-state index is 9.49. The molecule has 0 aliphatic carbocycles. The highest BCUT2D eigenvalue weighted by Gasteiger charge is 2.19. The third-order valence-corrected chi connectivity index (χ3v) is 2.00. The molecule has 4 nitrogen and oxygen atoms in total. The maximum atomic E-state index is 9.49. The lowest BCUT2D eigenvalue weighted by Crippen LogP contribution is -2.21. The molecule has 0 aliphatic rings. The largest absolute Gasteiger partial charge is 0.389 e. The van der Waals surface area contributed by atoms with E-state index >= 15 is 0 Å². The normalized spacial score (nSPS) is 15.4. The van der Waals surface area contributed by atoms with E-state index in [0.29, 0.717) is 0 Å². The molecule has 1 aromatic heterocycles. The number of aliphatic hydroxyl groups is 2. The summed E-state index contributed by atoms with van der Waals surface area (Å²) < 4.78 is 0. The van der Waals surface area contributed by atoms with Crippen LogP contribution in [0.1, 0.15) is 17.6 Å². The minimum Gasteiger partial charge on any atom is -0.389 e. The van der Waals surface area contributed by atoms with Crippen molar-refractivity contribution in [1.29, 1.82) is 0 Å². The summed E-state index contributed by atoms with van der Waals surface area (Å²) in [6.45, 7) is 1.80. The molecule has 2 atom stereocenters. The van der Waals surface area contributed by atoms with E-state index in [0.717, 1.165) is 5.69 Å². The lowest BCUT2D eigenvalue weighted by molar-refractivity contribution is 0.0279. The summed E-state index contributed by atoms with van der Waals surface area (Å²) in [5.41, 5.74) is 0.760. The molecule has 0 saturated carbocycles. The van der Waals surface area contributed by atoms with Gasteiger partial charge in [-0.1, -0.05) is 0 Å². The van der Waals surface area contributed by atoms with Crippen molar-refractivity contribution >= 4 is 12.6 Å². The van der Waals surface area contributed by atoms with Crippen LogP contribution in [0.25, 0.3) is 0 Å². The van der Waals surface area contributed by atoms with Crippen LogP contribution in [-0.2, 0) is 0 Å². The molecule has 0 bridgehead atoms. The van der Waals surface area contributed by atoms with Crippen molar-refractivity contribution in [2.45, 2.75) is 19.1 Å². The molecule has 0 fully saturated rings. The Balaban J connectivity index is 2.82. The Bertz CT molecular complexity index is 283. The fourth-order valence-corrected chi connectivity index (χ4v) is 1.08. The molecule has 0 aliphatic heterocycles. The molecule has 2 N–H and O–H groups in total. The van der Waals surface area contributed by atoms with E-state index in [-0.39, 0.29) is 11.6 Å². The van der Waals surface area contributed by atoms with Crippen LogP contribution in [0.3, 0.4) is 0 Å². The number of aliphatic hydroxyl groups excluding tert-OH is 2. The van der Waals surface area contributed by atoms with Gasteiger partial charge in [0.2, 0.25) is 0 Å². The zero-order valence-electron chi connectivity index (χ0n) is 7.25. The average Bonchev–Trinajstić information content (AvgIpc) is 2.15. The highest BCUT2D eigenvalue weighted by Crippen LogP contribution is 2.12. The summed E-state index contributed by atoms with van der Waals surface area (Å²) in [7, 11) is 0. The van der Waals surface area contributed by atoms with Crippen LogP contribution >= 0.6 is 12.6 Å². The first kappa shape index (κ1) is 10.4. The van der Waals surface area contributed by atoms with E-state index in [9.17, 15) is 10.2 Å². The first-order chi connectivity index (χ1) is 6.15. The van der Waals surface area contributed by atoms with Gasteiger partial charge in [0.1, 0.15) is 6.10 Å². The summed E-state index contributed by atoms with van der Waals surface area (Å²) in [6.07, 6.45) is -0.436. The van der Waals surface area contributed by atoms with Crippen LogP contribution in [0.2, 0.25) is 0 Å². The molecule has 2 unspecified atom stereocenters. The van der Waals surface area contributed by atoms with Crippen molar-refractivity contribution in [2.75, 3.05) is 5.75 Å². The van der Waals surface area contributed by atoms with Crippen LogP contribution < -0.4 is 0 Å². The van der Waals surface area contributed by atoms with Crippen LogP contribution in [-0.4, -0.2) is 32.0 Å². The van der Waals surface area contributed by atoms with E-state index in [4.69, 9.17) is 0 Å². The molecule has 1 heterocycles. The minimum absolute atomic E-state index is 0.179. The number of hydrogen-bond acceptors (Lipinski definition) is 5. The van der Waals surface area contributed by atoms with Gasteiger partial charge in [0.05, 0.1) is 6.10 Å². The van der Waals surface area contributed by atoms with Crippen LogP contribution in [0, 0.1) is 6.92 Å². The minimum atomic E-state index is -1.06. The Morgan fingerprint density at radius 2 is 2.23 bits per heavy atom. The molecular weight excluding hydrogens is 188 g/mol. The third kappa shape index (κ3) is 2.65. The Morgan fingerprint density at radius 1 is 1.54 bits per heavy atom. The Labute approximate surface area is 82.1 Å². The van der Waals surface area contributed by atoms with Gasteiger partial charge in [0.25, 0.3) is 0 Å². The molecule has 1 aromatic rings. The van der Waals surface area contributed by atoms with Gasteiger partial charge in [-0.3, -0.25) is 0 Å². The second-order valence-corrected chi connectivity index (χ2v) is 3.12. The first-order valence-electron chi connectivity index (χ1n) is 3.91. The predicted octanol–water partition coefficient (Wildman–Crippen LogP) is 0.109. The molecule has 0 saturated heterocycles. The molecule has 0 amide bonds. The smallest absolute Gasteiger partial charge is 0.159 e. The summed E-state index contributed by atoms with van der Waals surface area (Å²) in [5.74, 6) is 0.417. The highest BCUT2D eigenvalue weighted by atomic mass is 32.1. The topological polar surface area (TPSA) is 66.2 Å². The average molecular weight is 200 g/mol. The molecule has 1 rings (SSSR count). The molecule has 13 heavy (non-hydrogen) atoms. The number of aryl methyl sites for hydroxylation is 1. The highest BCUT2D eigenvalue weighted by molar-refractivity contribution is 7.80. The summed E-state index contributed by atoms with van der Waals surface area (Å²) in [5, 5.41) is 18.8. The van der Waals surface area contributed by atoms with Crippen molar-refractivity contribution in [3.63, 3.8) is 0 Å². The van der Waals surface area contributed by atoms with Gasteiger partial charge < -0.3 is 10.2 Å². The number of thiol groups is 1. The second kappa shape index (κ2) is 4.55. The van der Waals surface area contributed by atoms with Crippen molar-refractivity contribution in [2.24, 2.45) is 0 Å². The molecule has 5 heteroatoms. The lowest BCUT2D eigenvalue weighted by atomic mass is 10.2. The van der Waals surface area contributed by atoms with Crippen molar-refractivity contribution in [3.05, 3.63) is 23.8 Å². The van der Waals surface area contributed by atoms with E-state index in [1.807, 2.05) is 0 Å². The van der Waals surface area contributed by atoms with E-state index in [2.05, 4.69) is 22.6 Å². The van der Waals surface area contributed by atoms with Gasteiger partial charge in [0, 0.05) is 17.6 Å². The standard InChI is InChI=1S/C8H12N2O2S/c1-5-2-3-9-8(10-5)7(12)6(11)4-13/h2-3,6-7,11-13H,4H2,1H3. The number of rotatable bonds is 3. The number of nitrogens with zero attached hydrogens (tertiary/aromatic N) is 2. The Hall–Kier alpha value is -0.650. The van der Waals surface area contributed by atoms with Gasteiger partial charge >= 0.3 is 0 Å². The Morgan fingerprint density at radius 3 is 2.77 bits per heavy atom. The lowest BCUT2D eigenvalue weighted by Gasteiger charge is -2.13. The van der Waals surface area contributed by atoms with Gasteiger partial charge in [-0.05, 0) is 13.0 Å². The first-order valence-corrected chi connectivity index (χ1v) is 4.55. The maximum Gasteiger partial charge on any atom is 0.159 e. The van der Waals surface area contributed by atoms with E-state index in [1.54, 1.807) is 19.2 Å². The summed E-state index contributed by atoms with van der Waals surface area (Å²) >= 11 is 3.87. The van der Waals surface area contributed by atoms with Crippen LogP contribution in [0.5, 0.6) is 0 Å². The zero-order valence-corrected chi connectivity index (χ0v) is 8.15.